The Morgan fingerprint density at radius 2 is 1.53 bits per heavy atom. The van der Waals surface area contributed by atoms with Crippen molar-refractivity contribution in [2.45, 2.75) is 64.3 Å². The molecule has 32 heavy (non-hydrogen) atoms. The summed E-state index contributed by atoms with van der Waals surface area (Å²) in [5.41, 5.74) is 0.633. The number of carbonyl (C=O) groups is 2. The zero-order valence-electron chi connectivity index (χ0n) is 19.8. The summed E-state index contributed by atoms with van der Waals surface area (Å²) < 4.78 is 24.0. The number of benzene rings is 1. The van der Waals surface area contributed by atoms with Gasteiger partial charge >= 0.3 is 0 Å². The largest absolute Gasteiger partial charge is 0.371 e. The second-order valence-corrected chi connectivity index (χ2v) is 12.3. The maximum atomic E-state index is 12.8. The van der Waals surface area contributed by atoms with E-state index in [4.69, 9.17) is 0 Å². The molecule has 1 aromatic rings. The number of nitrogens with zero attached hydrogens (tertiary/aromatic N) is 2. The first-order valence-electron chi connectivity index (χ1n) is 11.7. The van der Waals surface area contributed by atoms with Gasteiger partial charge in [0.15, 0.2) is 9.84 Å². The molecule has 2 heterocycles. The maximum Gasteiger partial charge on any atom is 0.227 e. The number of carbonyl (C=O) groups excluding carboxylic acids is 2. The number of piperidine rings is 2. The van der Waals surface area contributed by atoms with Gasteiger partial charge in [-0.1, -0.05) is 27.7 Å². The minimum absolute atomic E-state index is 0.0230. The van der Waals surface area contributed by atoms with Crippen molar-refractivity contribution in [2.75, 3.05) is 36.8 Å². The van der Waals surface area contributed by atoms with Crippen molar-refractivity contribution >= 4 is 27.3 Å². The van der Waals surface area contributed by atoms with Gasteiger partial charge in [-0.05, 0) is 49.9 Å². The van der Waals surface area contributed by atoms with Crippen molar-refractivity contribution in [3.05, 3.63) is 24.3 Å². The van der Waals surface area contributed by atoms with Gasteiger partial charge in [0.2, 0.25) is 11.8 Å². The molecule has 8 heteroatoms. The Morgan fingerprint density at radius 3 is 2.03 bits per heavy atom. The first kappa shape index (κ1) is 24.6. The molecule has 0 radical (unpaired) electrons. The van der Waals surface area contributed by atoms with Crippen LogP contribution in [0.25, 0.3) is 0 Å². The van der Waals surface area contributed by atoms with Crippen LogP contribution in [0.5, 0.6) is 0 Å². The van der Waals surface area contributed by atoms with Gasteiger partial charge in [0, 0.05) is 49.2 Å². The number of rotatable bonds is 5. The summed E-state index contributed by atoms with van der Waals surface area (Å²) in [6.45, 7) is 10.4. The summed E-state index contributed by atoms with van der Waals surface area (Å²) in [6, 6.07) is 7.26. The smallest absolute Gasteiger partial charge is 0.227 e. The van der Waals surface area contributed by atoms with E-state index >= 15 is 0 Å². The van der Waals surface area contributed by atoms with E-state index in [9.17, 15) is 18.0 Å². The van der Waals surface area contributed by atoms with Gasteiger partial charge in [0.1, 0.15) is 0 Å². The lowest BCUT2D eigenvalue weighted by molar-refractivity contribution is -0.142. The first-order chi connectivity index (χ1) is 15.0. The summed E-state index contributed by atoms with van der Waals surface area (Å²) in [7, 11) is -3.18. The van der Waals surface area contributed by atoms with Crippen LogP contribution in [-0.2, 0) is 19.4 Å². The molecule has 2 aliphatic rings. The van der Waals surface area contributed by atoms with Crippen molar-refractivity contribution in [1.82, 2.24) is 10.2 Å². The van der Waals surface area contributed by atoms with Crippen molar-refractivity contribution in [1.29, 1.82) is 0 Å². The fraction of sp³-hybridized carbons (Fsp3) is 0.667. The normalized spacial score (nSPS) is 19.1. The number of sulfone groups is 1. The number of hydrogen-bond acceptors (Lipinski definition) is 5. The molecule has 7 nitrogen and oxygen atoms in total. The van der Waals surface area contributed by atoms with Gasteiger partial charge in [0.25, 0.3) is 0 Å². The van der Waals surface area contributed by atoms with E-state index in [0.717, 1.165) is 44.5 Å². The minimum atomic E-state index is -3.18. The van der Waals surface area contributed by atoms with Gasteiger partial charge in [-0.2, -0.15) is 0 Å². The van der Waals surface area contributed by atoms with E-state index < -0.39 is 9.84 Å². The van der Waals surface area contributed by atoms with Crippen LogP contribution in [-0.4, -0.2) is 63.1 Å². The lowest BCUT2D eigenvalue weighted by Crippen LogP contribution is -2.49. The van der Waals surface area contributed by atoms with E-state index in [1.54, 1.807) is 19.1 Å². The zero-order chi connectivity index (χ0) is 23.5. The van der Waals surface area contributed by atoms with Crippen LogP contribution in [0.2, 0.25) is 0 Å². The minimum Gasteiger partial charge on any atom is -0.371 e. The summed E-state index contributed by atoms with van der Waals surface area (Å²) >= 11 is 0. The van der Waals surface area contributed by atoms with Crippen LogP contribution in [0, 0.1) is 11.3 Å². The van der Waals surface area contributed by atoms with Gasteiger partial charge < -0.3 is 15.1 Å². The average Bonchev–Trinajstić information content (AvgIpc) is 2.78. The second kappa shape index (κ2) is 9.81. The van der Waals surface area contributed by atoms with E-state index in [1.807, 2.05) is 37.8 Å². The molecule has 1 N–H and O–H groups in total. The molecule has 0 unspecified atom stereocenters. The Bertz CT molecular complexity index is 906. The summed E-state index contributed by atoms with van der Waals surface area (Å²) in [5, 5.41) is 3.22. The van der Waals surface area contributed by atoms with Gasteiger partial charge in [-0.15, -0.1) is 0 Å². The standard InChI is InChI=1S/C24H37N3O4S/c1-5-32(30,31)21-8-6-20(7-9-21)26-16-12-19(13-17-26)25-22(28)18-10-14-27(15-11-18)23(29)24(2,3)4/h6-9,18-19H,5,10-17H2,1-4H3,(H,25,28). The number of anilines is 1. The predicted molar refractivity (Wildman–Crippen MR) is 126 cm³/mol. The molecular formula is C24H37N3O4S. The Hall–Kier alpha value is -2.09. The van der Waals surface area contributed by atoms with Crippen molar-refractivity contribution in [2.24, 2.45) is 11.3 Å². The highest BCUT2D eigenvalue weighted by Gasteiger charge is 2.33. The summed E-state index contributed by atoms with van der Waals surface area (Å²) in [4.78, 5) is 29.7. The van der Waals surface area contributed by atoms with E-state index in [2.05, 4.69) is 10.2 Å². The molecule has 178 valence electrons. The first-order valence-corrected chi connectivity index (χ1v) is 13.3. The monoisotopic (exact) mass is 463 g/mol. The molecule has 1 aromatic carbocycles. The maximum absolute atomic E-state index is 12.8. The molecule has 0 atom stereocenters. The third kappa shape index (κ3) is 5.82. The quantitative estimate of drug-likeness (QED) is 0.726. The summed E-state index contributed by atoms with van der Waals surface area (Å²) in [6.07, 6.45) is 3.17. The van der Waals surface area contributed by atoms with E-state index in [-0.39, 0.29) is 34.9 Å². The van der Waals surface area contributed by atoms with Crippen LogP contribution < -0.4 is 10.2 Å². The zero-order valence-corrected chi connectivity index (χ0v) is 20.6. The highest BCUT2D eigenvalue weighted by Crippen LogP contribution is 2.25. The fourth-order valence-corrected chi connectivity index (χ4v) is 5.34. The molecule has 0 spiro atoms. The number of hydrogen-bond donors (Lipinski definition) is 1. The Labute approximate surface area is 192 Å². The summed E-state index contributed by atoms with van der Waals surface area (Å²) in [5.74, 6) is 0.346. The molecule has 3 rings (SSSR count). The van der Waals surface area contributed by atoms with Crippen molar-refractivity contribution in [3.63, 3.8) is 0 Å². The molecule has 2 saturated heterocycles. The second-order valence-electron chi connectivity index (χ2n) is 9.98. The lowest BCUT2D eigenvalue weighted by Gasteiger charge is -2.37. The fourth-order valence-electron chi connectivity index (χ4n) is 4.45. The van der Waals surface area contributed by atoms with E-state index in [1.165, 1.54) is 0 Å². The molecule has 2 aliphatic heterocycles. The third-order valence-corrected chi connectivity index (χ3v) is 8.33. The predicted octanol–water partition coefficient (Wildman–Crippen LogP) is 2.85. The van der Waals surface area contributed by atoms with Crippen LogP contribution in [0.4, 0.5) is 5.69 Å². The van der Waals surface area contributed by atoms with Crippen molar-refractivity contribution < 1.29 is 18.0 Å². The topological polar surface area (TPSA) is 86.8 Å². The van der Waals surface area contributed by atoms with Gasteiger partial charge in [-0.3, -0.25) is 9.59 Å². The van der Waals surface area contributed by atoms with Gasteiger partial charge in [0.05, 0.1) is 10.6 Å². The molecule has 2 fully saturated rings. The number of likely N-dealkylation sites (tertiary alicyclic amines) is 1. The molecule has 0 saturated carbocycles. The third-order valence-electron chi connectivity index (χ3n) is 6.58. The molecule has 0 aliphatic carbocycles. The average molecular weight is 464 g/mol. The molecular weight excluding hydrogens is 426 g/mol. The number of amides is 2. The lowest BCUT2D eigenvalue weighted by atomic mass is 9.90. The van der Waals surface area contributed by atoms with Gasteiger partial charge in [-0.25, -0.2) is 8.42 Å². The SMILES string of the molecule is CCS(=O)(=O)c1ccc(N2CCC(NC(=O)C3CCN(C(=O)C(C)(C)C)CC3)CC2)cc1. The highest BCUT2D eigenvalue weighted by atomic mass is 32.2. The molecule has 0 aromatic heterocycles. The highest BCUT2D eigenvalue weighted by molar-refractivity contribution is 7.91. The Balaban J connectivity index is 1.45. The number of nitrogens with one attached hydrogen (secondary N) is 1. The van der Waals surface area contributed by atoms with Crippen LogP contribution in [0.3, 0.4) is 0 Å². The van der Waals surface area contributed by atoms with Crippen LogP contribution in [0.15, 0.2) is 29.2 Å². The Kier molecular flexibility index (Phi) is 7.53. The van der Waals surface area contributed by atoms with Crippen LogP contribution in [0.1, 0.15) is 53.4 Å². The van der Waals surface area contributed by atoms with E-state index in [0.29, 0.717) is 18.0 Å². The van der Waals surface area contributed by atoms with Crippen molar-refractivity contribution in [3.8, 4) is 0 Å². The molecule has 0 bridgehead atoms. The molecule has 2 amide bonds. The van der Waals surface area contributed by atoms with Crippen LogP contribution >= 0.6 is 0 Å². The Morgan fingerprint density at radius 1 is 0.969 bits per heavy atom.